The summed E-state index contributed by atoms with van der Waals surface area (Å²) in [5, 5.41) is 14.4. The van der Waals surface area contributed by atoms with Crippen LogP contribution in [0.3, 0.4) is 0 Å². The van der Waals surface area contributed by atoms with Crippen LogP contribution in [0.4, 0.5) is 11.4 Å². The molecule has 2 atom stereocenters. The number of hydrogen-bond acceptors (Lipinski definition) is 6. The molecule has 0 radical (unpaired) electrons. The molecule has 1 aliphatic heterocycles. The zero-order chi connectivity index (χ0) is 19.6. The van der Waals surface area contributed by atoms with Crippen molar-refractivity contribution in [3.05, 3.63) is 64.2 Å². The number of likely N-dealkylation sites (tertiary alicyclic amines) is 1. The first-order chi connectivity index (χ1) is 12.7. The van der Waals surface area contributed by atoms with Crippen LogP contribution in [-0.2, 0) is 16.4 Å². The van der Waals surface area contributed by atoms with Gasteiger partial charge in [0.15, 0.2) is 9.84 Å². The molecule has 8 heteroatoms. The van der Waals surface area contributed by atoms with Crippen molar-refractivity contribution in [2.75, 3.05) is 18.1 Å². The predicted octanol–water partition coefficient (Wildman–Crippen LogP) is 3.07. The molecule has 2 unspecified atom stereocenters. The van der Waals surface area contributed by atoms with Gasteiger partial charge in [-0.1, -0.05) is 30.3 Å². The normalized spacial score (nSPS) is 20.5. The first-order valence-corrected chi connectivity index (χ1v) is 10.7. The fourth-order valence-corrected chi connectivity index (χ4v) is 4.39. The number of anilines is 1. The third-order valence-electron chi connectivity index (χ3n) is 4.86. The second-order valence-corrected chi connectivity index (χ2v) is 9.04. The van der Waals surface area contributed by atoms with E-state index in [0.29, 0.717) is 11.7 Å². The lowest BCUT2D eigenvalue weighted by Gasteiger charge is -2.21. The number of nitrogens with zero attached hydrogens (tertiary/aromatic N) is 2. The highest BCUT2D eigenvalue weighted by Gasteiger charge is 2.29. The van der Waals surface area contributed by atoms with E-state index in [4.69, 9.17) is 0 Å². The van der Waals surface area contributed by atoms with Gasteiger partial charge in [0.05, 0.1) is 4.92 Å². The van der Waals surface area contributed by atoms with E-state index in [0.717, 1.165) is 25.8 Å². The molecule has 1 aliphatic rings. The molecule has 0 bridgehead atoms. The van der Waals surface area contributed by atoms with Gasteiger partial charge in [-0.15, -0.1) is 0 Å². The lowest BCUT2D eigenvalue weighted by molar-refractivity contribution is -0.387. The molecule has 0 aliphatic carbocycles. The molecule has 1 heterocycles. The van der Waals surface area contributed by atoms with Gasteiger partial charge < -0.3 is 5.32 Å². The molecule has 1 N–H and O–H groups in total. The van der Waals surface area contributed by atoms with Gasteiger partial charge in [-0.3, -0.25) is 15.0 Å². The summed E-state index contributed by atoms with van der Waals surface area (Å²) in [4.78, 5) is 12.5. The minimum atomic E-state index is -3.69. The molecule has 3 rings (SSSR count). The van der Waals surface area contributed by atoms with Crippen LogP contribution in [0.15, 0.2) is 53.4 Å². The first-order valence-electron chi connectivity index (χ1n) is 8.77. The van der Waals surface area contributed by atoms with Crippen LogP contribution < -0.4 is 5.32 Å². The van der Waals surface area contributed by atoms with Gasteiger partial charge in [0.1, 0.15) is 4.90 Å². The van der Waals surface area contributed by atoms with E-state index in [9.17, 15) is 18.5 Å². The SMILES string of the molecule is CC1CC(Nc2ccc([N+](=O)[O-])c(S(C)(=O)=O)c2)CN1Cc1ccccc1. The van der Waals surface area contributed by atoms with Gasteiger partial charge in [-0.25, -0.2) is 8.42 Å². The average molecular weight is 389 g/mol. The maximum absolute atomic E-state index is 11.9. The number of benzene rings is 2. The Morgan fingerprint density at radius 1 is 1.22 bits per heavy atom. The Bertz CT molecular complexity index is 931. The van der Waals surface area contributed by atoms with Crippen LogP contribution in [0.1, 0.15) is 18.9 Å². The molecule has 27 heavy (non-hydrogen) atoms. The Morgan fingerprint density at radius 3 is 2.56 bits per heavy atom. The summed E-state index contributed by atoms with van der Waals surface area (Å²) in [6.45, 7) is 3.85. The number of nitrogens with one attached hydrogen (secondary N) is 1. The van der Waals surface area contributed by atoms with Crippen molar-refractivity contribution in [2.24, 2.45) is 0 Å². The van der Waals surface area contributed by atoms with Crippen molar-refractivity contribution in [3.63, 3.8) is 0 Å². The fraction of sp³-hybridized carbons (Fsp3) is 0.368. The molecular weight excluding hydrogens is 366 g/mol. The third kappa shape index (κ3) is 4.64. The summed E-state index contributed by atoms with van der Waals surface area (Å²) < 4.78 is 23.8. The van der Waals surface area contributed by atoms with E-state index in [1.165, 1.54) is 17.7 Å². The van der Waals surface area contributed by atoms with Crippen LogP contribution in [0.25, 0.3) is 0 Å². The highest BCUT2D eigenvalue weighted by Crippen LogP contribution is 2.29. The Balaban J connectivity index is 1.73. The summed E-state index contributed by atoms with van der Waals surface area (Å²) in [5.41, 5.74) is 1.44. The number of sulfone groups is 1. The molecule has 0 spiro atoms. The summed E-state index contributed by atoms with van der Waals surface area (Å²) >= 11 is 0. The second-order valence-electron chi connectivity index (χ2n) is 7.05. The molecule has 2 aromatic carbocycles. The van der Waals surface area contributed by atoms with Crippen molar-refractivity contribution in [2.45, 2.75) is 36.9 Å². The van der Waals surface area contributed by atoms with Crippen molar-refractivity contribution in [1.29, 1.82) is 0 Å². The minimum absolute atomic E-state index is 0.151. The molecule has 1 fully saturated rings. The lowest BCUT2D eigenvalue weighted by Crippen LogP contribution is -2.28. The van der Waals surface area contributed by atoms with Crippen molar-refractivity contribution >= 4 is 21.2 Å². The van der Waals surface area contributed by atoms with E-state index < -0.39 is 20.4 Å². The summed E-state index contributed by atoms with van der Waals surface area (Å²) in [7, 11) is -3.69. The standard InChI is InChI=1S/C19H23N3O4S/c1-14-10-17(13-21(14)12-15-6-4-3-5-7-15)20-16-8-9-18(22(23)24)19(11-16)27(2,25)26/h3-9,11,14,17,20H,10,12-13H2,1-2H3. The molecule has 1 saturated heterocycles. The highest BCUT2D eigenvalue weighted by molar-refractivity contribution is 7.90. The first kappa shape index (κ1) is 19.3. The summed E-state index contributed by atoms with van der Waals surface area (Å²) in [6, 6.07) is 15.0. The summed E-state index contributed by atoms with van der Waals surface area (Å²) in [6.07, 6.45) is 1.90. The zero-order valence-electron chi connectivity index (χ0n) is 15.3. The van der Waals surface area contributed by atoms with Gasteiger partial charge in [-0.05, 0) is 31.0 Å². The molecule has 144 valence electrons. The Hall–Kier alpha value is -2.45. The van der Waals surface area contributed by atoms with E-state index in [2.05, 4.69) is 29.3 Å². The zero-order valence-corrected chi connectivity index (χ0v) is 16.1. The molecular formula is C19H23N3O4S. The minimum Gasteiger partial charge on any atom is -0.381 e. The van der Waals surface area contributed by atoms with Crippen LogP contribution in [0.2, 0.25) is 0 Å². The molecule has 0 saturated carbocycles. The smallest absolute Gasteiger partial charge is 0.288 e. The molecule has 0 amide bonds. The predicted molar refractivity (Wildman–Crippen MR) is 105 cm³/mol. The average Bonchev–Trinajstić information content (AvgIpc) is 2.94. The van der Waals surface area contributed by atoms with Crippen LogP contribution >= 0.6 is 0 Å². The maximum Gasteiger partial charge on any atom is 0.288 e. The molecule has 0 aromatic heterocycles. The largest absolute Gasteiger partial charge is 0.381 e. The number of rotatable bonds is 6. The third-order valence-corrected chi connectivity index (χ3v) is 5.99. The quantitative estimate of drug-likeness (QED) is 0.603. The van der Waals surface area contributed by atoms with E-state index >= 15 is 0 Å². The van der Waals surface area contributed by atoms with Crippen molar-refractivity contribution in [1.82, 2.24) is 4.90 Å². The topological polar surface area (TPSA) is 92.5 Å². The van der Waals surface area contributed by atoms with Gasteiger partial charge >= 0.3 is 0 Å². The van der Waals surface area contributed by atoms with Gasteiger partial charge in [0, 0.05) is 43.2 Å². The maximum atomic E-state index is 11.9. The Labute approximate surface area is 159 Å². The van der Waals surface area contributed by atoms with Gasteiger partial charge in [0.25, 0.3) is 5.69 Å². The molecule has 2 aromatic rings. The molecule has 7 nitrogen and oxygen atoms in total. The van der Waals surface area contributed by atoms with E-state index in [-0.39, 0.29) is 10.9 Å². The fourth-order valence-electron chi connectivity index (χ4n) is 3.53. The summed E-state index contributed by atoms with van der Waals surface area (Å²) in [5.74, 6) is 0. The number of nitro benzene ring substituents is 1. The van der Waals surface area contributed by atoms with Crippen LogP contribution in [-0.4, -0.2) is 43.1 Å². The van der Waals surface area contributed by atoms with Gasteiger partial charge in [-0.2, -0.15) is 0 Å². The van der Waals surface area contributed by atoms with Crippen LogP contribution in [0.5, 0.6) is 0 Å². The monoisotopic (exact) mass is 389 g/mol. The second kappa shape index (κ2) is 7.66. The van der Waals surface area contributed by atoms with Crippen molar-refractivity contribution in [3.8, 4) is 0 Å². The van der Waals surface area contributed by atoms with E-state index in [1.54, 1.807) is 6.07 Å². The number of hydrogen-bond donors (Lipinski definition) is 1. The van der Waals surface area contributed by atoms with Gasteiger partial charge in [0.2, 0.25) is 0 Å². The van der Waals surface area contributed by atoms with E-state index in [1.807, 2.05) is 18.2 Å². The lowest BCUT2D eigenvalue weighted by atomic mass is 10.1. The van der Waals surface area contributed by atoms with Crippen LogP contribution in [0, 0.1) is 10.1 Å². The Kier molecular flexibility index (Phi) is 5.48. The van der Waals surface area contributed by atoms with Crippen molar-refractivity contribution < 1.29 is 13.3 Å². The number of nitro groups is 1. The Morgan fingerprint density at radius 2 is 1.93 bits per heavy atom. The highest BCUT2D eigenvalue weighted by atomic mass is 32.2.